The lowest BCUT2D eigenvalue weighted by molar-refractivity contribution is 0.102. The third-order valence-electron chi connectivity index (χ3n) is 3.00. The van der Waals surface area contributed by atoms with E-state index in [-0.39, 0.29) is 5.91 Å². The summed E-state index contributed by atoms with van der Waals surface area (Å²) in [5, 5.41) is 11.0. The van der Waals surface area contributed by atoms with E-state index in [1.54, 1.807) is 6.07 Å². The summed E-state index contributed by atoms with van der Waals surface area (Å²) >= 11 is 3.46. The van der Waals surface area contributed by atoms with Crippen molar-refractivity contribution in [1.29, 1.82) is 0 Å². The van der Waals surface area contributed by atoms with Crippen molar-refractivity contribution in [2.24, 2.45) is 0 Å². The molecular weight excluding hydrogens is 318 g/mol. The first-order valence-electron chi connectivity index (χ1n) is 6.42. The highest BCUT2D eigenvalue weighted by atomic mass is 79.9. The van der Waals surface area contributed by atoms with Gasteiger partial charge in [0.1, 0.15) is 0 Å². The number of benzene rings is 1. The van der Waals surface area contributed by atoms with Crippen LogP contribution in [-0.2, 0) is 6.42 Å². The van der Waals surface area contributed by atoms with Crippen LogP contribution >= 0.6 is 15.9 Å². The Labute approximate surface area is 126 Å². The van der Waals surface area contributed by atoms with E-state index in [0.29, 0.717) is 17.7 Å². The van der Waals surface area contributed by atoms with Gasteiger partial charge in [-0.15, -0.1) is 0 Å². The van der Waals surface area contributed by atoms with Gasteiger partial charge in [0.05, 0.1) is 17.0 Å². The minimum atomic E-state index is -0.157. The van der Waals surface area contributed by atoms with Crippen LogP contribution in [0.25, 0.3) is 0 Å². The zero-order valence-electron chi connectivity index (χ0n) is 11.7. The minimum Gasteiger partial charge on any atom is -0.322 e. The molecule has 0 aliphatic heterocycles. The van der Waals surface area contributed by atoms with Gasteiger partial charge in [0, 0.05) is 10.2 Å². The molecule has 0 aliphatic carbocycles. The highest BCUT2D eigenvalue weighted by Gasteiger charge is 2.13. The fraction of sp³-hybridized carbons (Fsp3) is 0.267. The molecule has 0 aliphatic rings. The van der Waals surface area contributed by atoms with Crippen molar-refractivity contribution in [2.45, 2.75) is 27.2 Å². The maximum atomic E-state index is 12.3. The predicted molar refractivity (Wildman–Crippen MR) is 83.0 cm³/mol. The first kappa shape index (κ1) is 14.7. The van der Waals surface area contributed by atoms with E-state index in [4.69, 9.17) is 0 Å². The Hall–Kier alpha value is -1.75. The van der Waals surface area contributed by atoms with Crippen molar-refractivity contribution in [1.82, 2.24) is 10.2 Å². The number of nitrogens with one attached hydrogen (secondary N) is 1. The molecule has 0 bridgehead atoms. The summed E-state index contributed by atoms with van der Waals surface area (Å²) in [5.74, 6) is -0.157. The summed E-state index contributed by atoms with van der Waals surface area (Å²) in [6, 6.07) is 7.49. The second kappa shape index (κ2) is 6.13. The molecule has 1 heterocycles. The van der Waals surface area contributed by atoms with E-state index in [0.717, 1.165) is 21.4 Å². The third kappa shape index (κ3) is 3.22. The Morgan fingerprint density at radius 3 is 2.65 bits per heavy atom. The number of nitrogens with zero attached hydrogens (tertiary/aromatic N) is 2. The molecule has 5 heteroatoms. The van der Waals surface area contributed by atoms with Crippen LogP contribution in [0.1, 0.15) is 34.2 Å². The average Bonchev–Trinajstić information content (AvgIpc) is 2.43. The van der Waals surface area contributed by atoms with Crippen LogP contribution in [0, 0.1) is 13.8 Å². The Bertz CT molecular complexity index is 656. The number of aryl methyl sites for hydroxylation is 3. The van der Waals surface area contributed by atoms with E-state index in [9.17, 15) is 4.79 Å². The summed E-state index contributed by atoms with van der Waals surface area (Å²) in [4.78, 5) is 12.3. The van der Waals surface area contributed by atoms with Gasteiger partial charge in [-0.1, -0.05) is 28.9 Å². The van der Waals surface area contributed by atoms with Crippen molar-refractivity contribution >= 4 is 27.5 Å². The standard InChI is InChI=1S/C15H16BrN3O/c1-4-14-12(7-10(3)18-19-14)15(20)17-11-6-5-9(2)13(16)8-11/h5-8H,4H2,1-3H3,(H,17,20). The molecule has 1 N–H and O–H groups in total. The van der Waals surface area contributed by atoms with Gasteiger partial charge in [0.2, 0.25) is 0 Å². The molecule has 0 unspecified atom stereocenters. The minimum absolute atomic E-state index is 0.157. The molecule has 104 valence electrons. The number of aromatic nitrogens is 2. The summed E-state index contributed by atoms with van der Waals surface area (Å²) in [5.41, 5.74) is 3.90. The fourth-order valence-electron chi connectivity index (χ4n) is 1.84. The maximum absolute atomic E-state index is 12.3. The highest BCUT2D eigenvalue weighted by molar-refractivity contribution is 9.10. The first-order valence-corrected chi connectivity index (χ1v) is 7.21. The van der Waals surface area contributed by atoms with Crippen molar-refractivity contribution in [3.05, 3.63) is 51.3 Å². The molecule has 0 radical (unpaired) electrons. The molecule has 1 aromatic heterocycles. The molecule has 0 saturated carbocycles. The lowest BCUT2D eigenvalue weighted by atomic mass is 10.1. The Morgan fingerprint density at radius 1 is 1.25 bits per heavy atom. The van der Waals surface area contributed by atoms with Crippen LogP contribution < -0.4 is 5.32 Å². The molecule has 1 aromatic carbocycles. The molecule has 0 atom stereocenters. The number of hydrogen-bond acceptors (Lipinski definition) is 3. The monoisotopic (exact) mass is 333 g/mol. The normalized spacial score (nSPS) is 10.4. The Morgan fingerprint density at radius 2 is 2.00 bits per heavy atom. The molecular formula is C15H16BrN3O. The van der Waals surface area contributed by atoms with Gasteiger partial charge < -0.3 is 5.32 Å². The SMILES string of the molecule is CCc1nnc(C)cc1C(=O)Nc1ccc(C)c(Br)c1. The van der Waals surface area contributed by atoms with E-state index in [2.05, 4.69) is 31.4 Å². The highest BCUT2D eigenvalue weighted by Crippen LogP contribution is 2.21. The molecule has 0 spiro atoms. The van der Waals surface area contributed by atoms with Crippen LogP contribution in [0.15, 0.2) is 28.7 Å². The van der Waals surface area contributed by atoms with Gasteiger partial charge in [-0.3, -0.25) is 4.79 Å². The molecule has 4 nitrogen and oxygen atoms in total. The lowest BCUT2D eigenvalue weighted by Gasteiger charge is -2.09. The number of anilines is 1. The molecule has 20 heavy (non-hydrogen) atoms. The predicted octanol–water partition coefficient (Wildman–Crippen LogP) is 3.67. The number of halogens is 1. The largest absolute Gasteiger partial charge is 0.322 e. The van der Waals surface area contributed by atoms with Gasteiger partial charge in [0.15, 0.2) is 0 Å². The van der Waals surface area contributed by atoms with E-state index >= 15 is 0 Å². The summed E-state index contributed by atoms with van der Waals surface area (Å²) in [6.07, 6.45) is 0.674. The second-order valence-electron chi connectivity index (χ2n) is 4.62. The van der Waals surface area contributed by atoms with E-state index in [1.165, 1.54) is 0 Å². The Kier molecular flexibility index (Phi) is 4.49. The topological polar surface area (TPSA) is 54.9 Å². The van der Waals surface area contributed by atoms with Crippen molar-refractivity contribution < 1.29 is 4.79 Å². The van der Waals surface area contributed by atoms with Crippen molar-refractivity contribution in [3.63, 3.8) is 0 Å². The van der Waals surface area contributed by atoms with Crippen LogP contribution in [0.3, 0.4) is 0 Å². The first-order chi connectivity index (χ1) is 9.51. The summed E-state index contributed by atoms with van der Waals surface area (Å²) < 4.78 is 0.968. The number of carbonyl (C=O) groups excluding carboxylic acids is 1. The molecule has 1 amide bonds. The zero-order chi connectivity index (χ0) is 14.7. The molecule has 0 fully saturated rings. The lowest BCUT2D eigenvalue weighted by Crippen LogP contribution is -2.16. The van der Waals surface area contributed by atoms with Gasteiger partial charge in [0.25, 0.3) is 5.91 Å². The Balaban J connectivity index is 2.27. The fourth-order valence-corrected chi connectivity index (χ4v) is 2.22. The number of hydrogen-bond donors (Lipinski definition) is 1. The van der Waals surface area contributed by atoms with Crippen molar-refractivity contribution in [3.8, 4) is 0 Å². The van der Waals surface area contributed by atoms with E-state index in [1.807, 2.05) is 39.0 Å². The molecule has 2 rings (SSSR count). The quantitative estimate of drug-likeness (QED) is 0.932. The van der Waals surface area contributed by atoms with Gasteiger partial charge in [-0.05, 0) is 44.0 Å². The van der Waals surface area contributed by atoms with Gasteiger partial charge in [-0.25, -0.2) is 0 Å². The number of amides is 1. The third-order valence-corrected chi connectivity index (χ3v) is 3.86. The molecule has 0 saturated heterocycles. The van der Waals surface area contributed by atoms with Crippen LogP contribution in [0.4, 0.5) is 5.69 Å². The van der Waals surface area contributed by atoms with Crippen LogP contribution in [0.2, 0.25) is 0 Å². The van der Waals surface area contributed by atoms with E-state index < -0.39 is 0 Å². The van der Waals surface area contributed by atoms with Gasteiger partial charge in [-0.2, -0.15) is 10.2 Å². The summed E-state index contributed by atoms with van der Waals surface area (Å²) in [7, 11) is 0. The average molecular weight is 334 g/mol. The van der Waals surface area contributed by atoms with Crippen molar-refractivity contribution in [2.75, 3.05) is 5.32 Å². The van der Waals surface area contributed by atoms with Gasteiger partial charge >= 0.3 is 0 Å². The second-order valence-corrected chi connectivity index (χ2v) is 5.47. The van der Waals surface area contributed by atoms with Crippen LogP contribution in [0.5, 0.6) is 0 Å². The maximum Gasteiger partial charge on any atom is 0.257 e. The zero-order valence-corrected chi connectivity index (χ0v) is 13.3. The number of rotatable bonds is 3. The summed E-state index contributed by atoms with van der Waals surface area (Å²) in [6.45, 7) is 5.78. The molecule has 2 aromatic rings. The smallest absolute Gasteiger partial charge is 0.257 e. The van der Waals surface area contributed by atoms with Crippen LogP contribution in [-0.4, -0.2) is 16.1 Å². The number of carbonyl (C=O) groups is 1.